The average Bonchev–Trinajstić information content (AvgIpc) is 3.17. The molecule has 1 aromatic carbocycles. The first kappa shape index (κ1) is 20.4. The molecule has 1 unspecified atom stereocenters. The molecule has 0 aromatic heterocycles. The molecule has 2 aliphatic heterocycles. The van der Waals surface area contributed by atoms with Crippen LogP contribution in [-0.4, -0.2) is 55.6 Å². The number of halogens is 2. The Morgan fingerprint density at radius 1 is 1.15 bits per heavy atom. The normalized spacial score (nSPS) is 21.2. The van der Waals surface area contributed by atoms with Crippen LogP contribution < -0.4 is 10.6 Å². The van der Waals surface area contributed by atoms with E-state index in [4.69, 9.17) is 27.9 Å². The highest BCUT2D eigenvalue weighted by molar-refractivity contribution is 6.42. The third-order valence-corrected chi connectivity index (χ3v) is 5.80. The fourth-order valence-corrected chi connectivity index (χ4v) is 3.79. The number of carbonyl (C=O) groups excluding carboxylic acids is 2. The summed E-state index contributed by atoms with van der Waals surface area (Å²) in [5.74, 6) is 0.0147. The van der Waals surface area contributed by atoms with E-state index in [1.807, 2.05) is 0 Å². The van der Waals surface area contributed by atoms with Crippen molar-refractivity contribution in [3.05, 3.63) is 28.2 Å². The summed E-state index contributed by atoms with van der Waals surface area (Å²) in [5.41, 5.74) is 0.623. The van der Waals surface area contributed by atoms with Crippen molar-refractivity contribution in [1.82, 2.24) is 10.2 Å². The Morgan fingerprint density at radius 3 is 2.59 bits per heavy atom. The number of carbonyl (C=O) groups is 2. The third kappa shape index (κ3) is 6.07. The van der Waals surface area contributed by atoms with Gasteiger partial charge in [-0.1, -0.05) is 23.2 Å². The van der Waals surface area contributed by atoms with Crippen molar-refractivity contribution < 1.29 is 14.3 Å². The number of hydrogen-bond donors (Lipinski definition) is 2. The minimum absolute atomic E-state index is 0.0146. The highest BCUT2D eigenvalue weighted by atomic mass is 35.5. The van der Waals surface area contributed by atoms with Gasteiger partial charge in [0.25, 0.3) is 0 Å². The molecule has 3 rings (SSSR count). The zero-order valence-corrected chi connectivity index (χ0v) is 16.7. The van der Waals surface area contributed by atoms with Crippen molar-refractivity contribution in [2.75, 3.05) is 38.1 Å². The molecule has 0 saturated carbocycles. The first-order chi connectivity index (χ1) is 13.0. The van der Waals surface area contributed by atoms with Crippen molar-refractivity contribution >= 4 is 40.7 Å². The predicted molar refractivity (Wildman–Crippen MR) is 106 cm³/mol. The number of benzene rings is 1. The Kier molecular flexibility index (Phi) is 7.35. The van der Waals surface area contributed by atoms with Crippen LogP contribution in [0.25, 0.3) is 0 Å². The lowest BCUT2D eigenvalue weighted by molar-refractivity contribution is -0.127. The molecule has 8 heteroatoms. The van der Waals surface area contributed by atoms with Gasteiger partial charge in [-0.15, -0.1) is 0 Å². The average molecular weight is 414 g/mol. The van der Waals surface area contributed by atoms with Crippen LogP contribution in [-0.2, 0) is 14.3 Å². The number of nitrogens with zero attached hydrogens (tertiary/aromatic N) is 1. The molecular weight excluding hydrogens is 389 g/mol. The fraction of sp³-hybridized carbons (Fsp3) is 0.579. The van der Waals surface area contributed by atoms with Gasteiger partial charge in [0.05, 0.1) is 22.7 Å². The highest BCUT2D eigenvalue weighted by Gasteiger charge is 2.26. The molecule has 0 radical (unpaired) electrons. The van der Waals surface area contributed by atoms with E-state index in [0.29, 0.717) is 28.8 Å². The van der Waals surface area contributed by atoms with Crippen molar-refractivity contribution in [1.29, 1.82) is 0 Å². The van der Waals surface area contributed by atoms with E-state index in [1.165, 1.54) is 0 Å². The van der Waals surface area contributed by atoms with E-state index in [9.17, 15) is 9.59 Å². The molecule has 1 atom stereocenters. The molecule has 6 nitrogen and oxygen atoms in total. The van der Waals surface area contributed by atoms with Crippen LogP contribution in [0, 0.1) is 5.92 Å². The van der Waals surface area contributed by atoms with Gasteiger partial charge in [0, 0.05) is 24.8 Å². The maximum atomic E-state index is 12.3. The smallest absolute Gasteiger partial charge is 0.238 e. The topological polar surface area (TPSA) is 70.7 Å². The zero-order chi connectivity index (χ0) is 19.2. The number of anilines is 1. The molecule has 1 aromatic rings. The molecule has 2 amide bonds. The SMILES string of the molecule is O=C(CN1CCC(C(=O)NCC2CCCO2)CC1)Nc1ccc(Cl)c(Cl)c1. The van der Waals surface area contributed by atoms with Gasteiger partial charge in [0.2, 0.25) is 11.8 Å². The third-order valence-electron chi connectivity index (χ3n) is 5.06. The summed E-state index contributed by atoms with van der Waals surface area (Å²) in [7, 11) is 0. The Labute approximate surface area is 169 Å². The second kappa shape index (κ2) is 9.73. The van der Waals surface area contributed by atoms with Crippen molar-refractivity contribution in [3.63, 3.8) is 0 Å². The van der Waals surface area contributed by atoms with Crippen LogP contribution in [0.3, 0.4) is 0 Å². The van der Waals surface area contributed by atoms with E-state index in [0.717, 1.165) is 45.4 Å². The quantitative estimate of drug-likeness (QED) is 0.751. The second-order valence-corrected chi connectivity index (χ2v) is 7.92. The first-order valence-electron chi connectivity index (χ1n) is 9.38. The van der Waals surface area contributed by atoms with E-state index in [2.05, 4.69) is 15.5 Å². The lowest BCUT2D eigenvalue weighted by atomic mass is 9.96. The predicted octanol–water partition coefficient (Wildman–Crippen LogP) is 2.94. The number of hydrogen-bond acceptors (Lipinski definition) is 4. The molecule has 2 aliphatic rings. The molecule has 2 fully saturated rings. The van der Waals surface area contributed by atoms with Gasteiger partial charge in [-0.25, -0.2) is 0 Å². The summed E-state index contributed by atoms with van der Waals surface area (Å²) < 4.78 is 5.53. The van der Waals surface area contributed by atoms with Gasteiger partial charge in [-0.3, -0.25) is 14.5 Å². The van der Waals surface area contributed by atoms with Crippen molar-refractivity contribution in [2.45, 2.75) is 31.8 Å². The molecule has 0 aliphatic carbocycles. The van der Waals surface area contributed by atoms with E-state index in [-0.39, 0.29) is 23.8 Å². The number of rotatable bonds is 6. The number of amides is 2. The number of likely N-dealkylation sites (tertiary alicyclic amines) is 1. The minimum Gasteiger partial charge on any atom is -0.376 e. The van der Waals surface area contributed by atoms with Crippen molar-refractivity contribution in [3.8, 4) is 0 Å². The van der Waals surface area contributed by atoms with Crippen LogP contribution >= 0.6 is 23.2 Å². The van der Waals surface area contributed by atoms with E-state index >= 15 is 0 Å². The van der Waals surface area contributed by atoms with Crippen LogP contribution in [0.2, 0.25) is 10.0 Å². The summed E-state index contributed by atoms with van der Waals surface area (Å²) in [6, 6.07) is 5.00. The molecule has 0 bridgehead atoms. The molecule has 2 saturated heterocycles. The monoisotopic (exact) mass is 413 g/mol. The minimum atomic E-state index is -0.102. The first-order valence-corrected chi connectivity index (χ1v) is 10.1. The van der Waals surface area contributed by atoms with Gasteiger partial charge in [-0.2, -0.15) is 0 Å². The Balaban J connectivity index is 1.37. The molecular formula is C19H25Cl2N3O3. The maximum Gasteiger partial charge on any atom is 0.238 e. The van der Waals surface area contributed by atoms with Gasteiger partial charge in [-0.05, 0) is 57.0 Å². The molecule has 148 valence electrons. The van der Waals surface area contributed by atoms with Crippen LogP contribution in [0.5, 0.6) is 0 Å². The summed E-state index contributed by atoms with van der Waals surface area (Å²) in [6.45, 7) is 3.15. The zero-order valence-electron chi connectivity index (χ0n) is 15.2. The Hall–Kier alpha value is -1.34. The Morgan fingerprint density at radius 2 is 1.93 bits per heavy atom. The van der Waals surface area contributed by atoms with Gasteiger partial charge >= 0.3 is 0 Å². The summed E-state index contributed by atoms with van der Waals surface area (Å²) in [5, 5.41) is 6.69. The number of nitrogens with one attached hydrogen (secondary N) is 2. The standard InChI is InChI=1S/C19H25Cl2N3O3/c20-16-4-3-14(10-17(16)21)23-18(25)12-24-7-5-13(6-8-24)19(26)22-11-15-2-1-9-27-15/h3-4,10,13,15H,1-2,5-9,11-12H2,(H,22,26)(H,23,25). The van der Waals surface area contributed by atoms with Gasteiger partial charge < -0.3 is 15.4 Å². The molecule has 27 heavy (non-hydrogen) atoms. The fourth-order valence-electron chi connectivity index (χ4n) is 3.49. The van der Waals surface area contributed by atoms with Crippen molar-refractivity contribution in [2.24, 2.45) is 5.92 Å². The van der Waals surface area contributed by atoms with Gasteiger partial charge in [0.1, 0.15) is 0 Å². The molecule has 2 heterocycles. The molecule has 2 N–H and O–H groups in total. The van der Waals surface area contributed by atoms with Crippen LogP contribution in [0.1, 0.15) is 25.7 Å². The largest absolute Gasteiger partial charge is 0.376 e. The lowest BCUT2D eigenvalue weighted by Gasteiger charge is -2.30. The second-order valence-electron chi connectivity index (χ2n) is 7.11. The number of ether oxygens (including phenoxy) is 1. The Bertz CT molecular complexity index is 672. The van der Waals surface area contributed by atoms with Crippen LogP contribution in [0.4, 0.5) is 5.69 Å². The summed E-state index contributed by atoms with van der Waals surface area (Å²) >= 11 is 11.8. The van der Waals surface area contributed by atoms with Crippen LogP contribution in [0.15, 0.2) is 18.2 Å². The summed E-state index contributed by atoms with van der Waals surface area (Å²) in [6.07, 6.45) is 3.78. The maximum absolute atomic E-state index is 12.3. The lowest BCUT2D eigenvalue weighted by Crippen LogP contribution is -2.44. The van der Waals surface area contributed by atoms with E-state index < -0.39 is 0 Å². The molecule has 0 spiro atoms. The van der Waals surface area contributed by atoms with E-state index in [1.54, 1.807) is 18.2 Å². The van der Waals surface area contributed by atoms with Gasteiger partial charge in [0.15, 0.2) is 0 Å². The highest BCUT2D eigenvalue weighted by Crippen LogP contribution is 2.25. The number of piperidine rings is 1. The summed E-state index contributed by atoms with van der Waals surface area (Å²) in [4.78, 5) is 26.6.